The maximum Gasteiger partial charge on any atom is 0.0808 e. The second-order valence-electron chi connectivity index (χ2n) is 22.9. The molecule has 0 N–H and O–H groups in total. The van der Waals surface area contributed by atoms with Gasteiger partial charge in [0.2, 0.25) is 0 Å². The van der Waals surface area contributed by atoms with Crippen molar-refractivity contribution in [2.45, 2.75) is 316 Å². The van der Waals surface area contributed by atoms with Crippen molar-refractivity contribution < 1.29 is 18.9 Å². The van der Waals surface area contributed by atoms with Crippen molar-refractivity contribution in [3.8, 4) is 0 Å². The van der Waals surface area contributed by atoms with Crippen LogP contribution in [-0.2, 0) is 18.9 Å². The van der Waals surface area contributed by atoms with E-state index in [1.165, 1.54) is 154 Å². The standard InChI is InChI=1S/C79H136O4/c1-5-9-13-17-21-25-29-33-37-41-45-49-53-57-61-65-72-80-76-78(82-74-67-63-59-55-51-47-43-39-35-31-27-23-19-15-11-7-3)70-69-71-79(83-75-68-64-60-56-52-48-44-40-36-32-28-24-20-16-12-8-4)77-81-73-66-62-58-54-50-46-42-38-34-30-26-22-18-14-10-6-2/h9-16,21-28,33-40,78-79H,5-8,17-20,29-32,41-77H2,1-4H3. The summed E-state index contributed by atoms with van der Waals surface area (Å²) in [6.45, 7) is 13.5. The van der Waals surface area contributed by atoms with Gasteiger partial charge in [0.1, 0.15) is 0 Å². The predicted octanol–water partition coefficient (Wildman–Crippen LogP) is 25.3. The van der Waals surface area contributed by atoms with Crippen LogP contribution in [0.4, 0.5) is 0 Å². The molecule has 0 amide bonds. The number of rotatable bonds is 66. The van der Waals surface area contributed by atoms with E-state index >= 15 is 0 Å². The maximum atomic E-state index is 6.63. The van der Waals surface area contributed by atoms with Crippen LogP contribution in [0.25, 0.3) is 0 Å². The molecule has 0 aromatic rings. The number of hydrogen-bond acceptors (Lipinski definition) is 4. The van der Waals surface area contributed by atoms with E-state index in [2.05, 4.69) is 174 Å². The maximum absolute atomic E-state index is 6.63. The molecule has 476 valence electrons. The van der Waals surface area contributed by atoms with Gasteiger partial charge < -0.3 is 18.9 Å². The summed E-state index contributed by atoms with van der Waals surface area (Å²) in [5.74, 6) is 0. The van der Waals surface area contributed by atoms with E-state index in [1.54, 1.807) is 0 Å². The Labute approximate surface area is 517 Å². The van der Waals surface area contributed by atoms with E-state index in [1.807, 2.05) is 0 Å². The SMILES string of the molecule is CCC=CCC=CCC=CCCCCCCCCOCC(CCCC(COCCCCCCCCC=CCC=CCC=CCC)OCCCCCCCCC=CCC=CCC=CCC)OCCCCCCCCC=CCC=CCC=CCC. The number of ether oxygens (including phenoxy) is 4. The third-order valence-electron chi connectivity index (χ3n) is 14.8. The Bertz CT molecular complexity index is 1500. The van der Waals surface area contributed by atoms with Gasteiger partial charge in [-0.3, -0.25) is 0 Å². The molecule has 0 aliphatic rings. The molecule has 0 saturated carbocycles. The molecule has 0 aliphatic heterocycles. The zero-order valence-corrected chi connectivity index (χ0v) is 55.3. The summed E-state index contributed by atoms with van der Waals surface area (Å²) in [6, 6.07) is 0. The highest BCUT2D eigenvalue weighted by Gasteiger charge is 2.15. The molecule has 0 rings (SSSR count). The van der Waals surface area contributed by atoms with Crippen molar-refractivity contribution in [3.63, 3.8) is 0 Å². The van der Waals surface area contributed by atoms with E-state index in [-0.39, 0.29) is 12.2 Å². The summed E-state index contributed by atoms with van der Waals surface area (Å²) in [5, 5.41) is 0. The lowest BCUT2D eigenvalue weighted by atomic mass is 10.1. The molecule has 83 heavy (non-hydrogen) atoms. The Hall–Kier alpha value is -3.28. The van der Waals surface area contributed by atoms with Crippen molar-refractivity contribution >= 4 is 0 Å². The Kier molecular flexibility index (Phi) is 71.9. The van der Waals surface area contributed by atoms with Crippen molar-refractivity contribution in [3.05, 3.63) is 146 Å². The first kappa shape index (κ1) is 79.7. The average Bonchev–Trinajstić information content (AvgIpc) is 3.49. The number of unbranched alkanes of at least 4 members (excludes halogenated alkanes) is 24. The fourth-order valence-electron chi connectivity index (χ4n) is 9.73. The molecule has 0 bridgehead atoms. The summed E-state index contributed by atoms with van der Waals surface area (Å²) in [6.07, 6.45) is 107. The summed E-state index contributed by atoms with van der Waals surface area (Å²) >= 11 is 0. The van der Waals surface area contributed by atoms with Crippen LogP contribution in [0.15, 0.2) is 146 Å². The monoisotopic (exact) mass is 1150 g/mol. The fraction of sp³-hybridized carbons (Fsp3) is 0.696. The third kappa shape index (κ3) is 71.1. The highest BCUT2D eigenvalue weighted by molar-refractivity contribution is 5.00. The molecule has 2 atom stereocenters. The van der Waals surface area contributed by atoms with Crippen LogP contribution in [0.5, 0.6) is 0 Å². The van der Waals surface area contributed by atoms with Crippen LogP contribution < -0.4 is 0 Å². The summed E-state index contributed by atoms with van der Waals surface area (Å²) in [5.41, 5.74) is 0. The van der Waals surface area contributed by atoms with Gasteiger partial charge in [0, 0.05) is 26.4 Å². The van der Waals surface area contributed by atoms with Crippen LogP contribution in [0.3, 0.4) is 0 Å². The molecule has 4 heteroatoms. The molecule has 2 unspecified atom stereocenters. The summed E-state index contributed by atoms with van der Waals surface area (Å²) < 4.78 is 26.0. The van der Waals surface area contributed by atoms with Gasteiger partial charge in [-0.1, -0.05) is 276 Å². The minimum atomic E-state index is 0.147. The minimum absolute atomic E-state index is 0.147. The molecule has 0 heterocycles. The van der Waals surface area contributed by atoms with E-state index in [0.29, 0.717) is 13.2 Å². The topological polar surface area (TPSA) is 36.9 Å². The molecule has 0 aliphatic carbocycles. The highest BCUT2D eigenvalue weighted by atomic mass is 16.5. The second-order valence-corrected chi connectivity index (χ2v) is 22.9. The van der Waals surface area contributed by atoms with Crippen LogP contribution in [-0.4, -0.2) is 51.8 Å². The molecule has 0 fully saturated rings. The third-order valence-corrected chi connectivity index (χ3v) is 14.8. The largest absolute Gasteiger partial charge is 0.379 e. The predicted molar refractivity (Wildman–Crippen MR) is 372 cm³/mol. The van der Waals surface area contributed by atoms with Gasteiger partial charge >= 0.3 is 0 Å². The lowest BCUT2D eigenvalue weighted by Gasteiger charge is -2.21. The van der Waals surface area contributed by atoms with Crippen molar-refractivity contribution in [2.24, 2.45) is 0 Å². The quantitative estimate of drug-likeness (QED) is 0.0449. The number of hydrogen-bond donors (Lipinski definition) is 0. The van der Waals surface area contributed by atoms with Gasteiger partial charge in [-0.15, -0.1) is 0 Å². The Morgan fingerprint density at radius 3 is 0.663 bits per heavy atom. The Balaban J connectivity index is 5.00. The molecule has 0 radical (unpaired) electrons. The molecule has 0 spiro atoms. The van der Waals surface area contributed by atoms with E-state index in [0.717, 1.165) is 148 Å². The smallest absolute Gasteiger partial charge is 0.0808 e. The molecule has 0 aromatic carbocycles. The van der Waals surface area contributed by atoms with E-state index in [9.17, 15) is 0 Å². The first-order chi connectivity index (χ1) is 41.3. The first-order valence-electron chi connectivity index (χ1n) is 35.5. The van der Waals surface area contributed by atoms with Gasteiger partial charge in [0.15, 0.2) is 0 Å². The van der Waals surface area contributed by atoms with Crippen LogP contribution in [0.2, 0.25) is 0 Å². The van der Waals surface area contributed by atoms with E-state index < -0.39 is 0 Å². The van der Waals surface area contributed by atoms with Gasteiger partial charge in [-0.05, 0) is 173 Å². The van der Waals surface area contributed by atoms with Crippen LogP contribution >= 0.6 is 0 Å². The number of allylic oxidation sites excluding steroid dienone is 24. The zero-order valence-electron chi connectivity index (χ0n) is 55.3. The van der Waals surface area contributed by atoms with Gasteiger partial charge in [0.05, 0.1) is 25.4 Å². The molecular weight excluding hydrogens is 1010 g/mol. The van der Waals surface area contributed by atoms with Crippen molar-refractivity contribution in [1.82, 2.24) is 0 Å². The summed E-state index contributed by atoms with van der Waals surface area (Å²) in [4.78, 5) is 0. The summed E-state index contributed by atoms with van der Waals surface area (Å²) in [7, 11) is 0. The second kappa shape index (κ2) is 74.8. The lowest BCUT2D eigenvalue weighted by molar-refractivity contribution is -0.0369. The van der Waals surface area contributed by atoms with Crippen LogP contribution in [0.1, 0.15) is 304 Å². The zero-order chi connectivity index (χ0) is 59.6. The molecule has 0 aromatic heterocycles. The lowest BCUT2D eigenvalue weighted by Crippen LogP contribution is -2.24. The Morgan fingerprint density at radius 2 is 0.410 bits per heavy atom. The average molecular weight is 1150 g/mol. The normalized spacial score (nSPS) is 13.7. The van der Waals surface area contributed by atoms with Gasteiger partial charge in [0.25, 0.3) is 0 Å². The molecule has 0 saturated heterocycles. The van der Waals surface area contributed by atoms with Gasteiger partial charge in [-0.2, -0.15) is 0 Å². The van der Waals surface area contributed by atoms with Crippen LogP contribution in [0, 0.1) is 0 Å². The molecular formula is C79H136O4. The minimum Gasteiger partial charge on any atom is -0.379 e. The van der Waals surface area contributed by atoms with Gasteiger partial charge in [-0.25, -0.2) is 0 Å². The van der Waals surface area contributed by atoms with E-state index in [4.69, 9.17) is 18.9 Å². The van der Waals surface area contributed by atoms with Crippen molar-refractivity contribution in [1.29, 1.82) is 0 Å². The van der Waals surface area contributed by atoms with Crippen molar-refractivity contribution in [2.75, 3.05) is 39.6 Å². The first-order valence-corrected chi connectivity index (χ1v) is 35.5. The molecule has 4 nitrogen and oxygen atoms in total. The highest BCUT2D eigenvalue weighted by Crippen LogP contribution is 2.17. The Morgan fingerprint density at radius 1 is 0.205 bits per heavy atom. The fourth-order valence-corrected chi connectivity index (χ4v) is 9.73.